The van der Waals surface area contributed by atoms with Gasteiger partial charge >= 0.3 is 0 Å². The molecule has 0 amide bonds. The summed E-state index contributed by atoms with van der Waals surface area (Å²) in [7, 11) is 6.59. The Bertz CT molecular complexity index is 6740. The summed E-state index contributed by atoms with van der Waals surface area (Å²) in [6.45, 7) is 30.0. The summed E-state index contributed by atoms with van der Waals surface area (Å²) in [5, 5.41) is 0. The topological polar surface area (TPSA) is 78.3 Å². The van der Waals surface area contributed by atoms with E-state index in [1.807, 2.05) is 0 Å². The van der Waals surface area contributed by atoms with Crippen LogP contribution in [0, 0.1) is 34.6 Å². The highest BCUT2D eigenvalue weighted by Gasteiger charge is 2.48. The lowest BCUT2D eigenvalue weighted by Crippen LogP contribution is -2.42. The number of pyridine rings is 3. The van der Waals surface area contributed by atoms with Crippen LogP contribution in [0.4, 0.5) is 0 Å². The van der Waals surface area contributed by atoms with E-state index in [-0.39, 0.29) is 16.6 Å². The first-order valence-corrected chi connectivity index (χ1v) is 36.7. The third kappa shape index (κ3) is 8.41. The molecule has 0 saturated heterocycles. The van der Waals surface area contributed by atoms with E-state index in [1.54, 1.807) is 0 Å². The molecule has 12 nitrogen and oxygen atoms in total. The second-order valence-electron chi connectivity index (χ2n) is 31.3. The molecule has 0 atom stereocenters. The molecule has 104 heavy (non-hydrogen) atoms. The molecule has 3 aliphatic heterocycles. The number of benzene rings is 9. The molecular weight excluding hydrogens is 1270 g/mol. The highest BCUT2D eigenvalue weighted by molar-refractivity contribution is 6.05. The van der Waals surface area contributed by atoms with E-state index < -0.39 is 0 Å². The zero-order chi connectivity index (χ0) is 71.6. The normalized spacial score (nSPS) is 14.3. The molecule has 0 aliphatic carbocycles. The first-order valence-electron chi connectivity index (χ1n) is 36.7. The van der Waals surface area contributed by atoms with E-state index >= 15 is 0 Å². The molecule has 0 N–H and O–H groups in total. The number of hydrogen-bond acceptors (Lipinski definition) is 3. The molecule has 12 heterocycles. The largest absolute Gasteiger partial charge is 0.299 e. The van der Waals surface area contributed by atoms with Crippen LogP contribution in [0.2, 0.25) is 0 Å². The summed E-state index contributed by atoms with van der Waals surface area (Å²) >= 11 is 0. The summed E-state index contributed by atoms with van der Waals surface area (Å²) in [6, 6.07) is 71.4. The molecule has 0 fully saturated rings. The third-order valence-corrected chi connectivity index (χ3v) is 23.5. The van der Waals surface area contributed by atoms with Crippen molar-refractivity contribution in [3.8, 4) is 67.2 Å². The van der Waals surface area contributed by atoms with Crippen LogP contribution < -0.4 is 13.7 Å². The molecule has 0 radical (unpaired) electrons. The van der Waals surface area contributed by atoms with Crippen molar-refractivity contribution in [3.05, 3.63) is 269 Å². The van der Waals surface area contributed by atoms with Gasteiger partial charge < -0.3 is 0 Å². The Morgan fingerprint density at radius 1 is 0.317 bits per heavy atom. The van der Waals surface area contributed by atoms with Gasteiger partial charge in [0.05, 0.1) is 116 Å². The van der Waals surface area contributed by atoms with E-state index in [0.717, 1.165) is 50.4 Å². The van der Waals surface area contributed by atoms with Crippen molar-refractivity contribution >= 4 is 83.5 Å². The Hall–Kier alpha value is -11.8. The van der Waals surface area contributed by atoms with E-state index in [9.17, 15) is 0 Å². The predicted octanol–water partition coefficient (Wildman–Crippen LogP) is 19.8. The molecule has 0 bridgehead atoms. The van der Waals surface area contributed by atoms with Gasteiger partial charge in [0.25, 0.3) is 0 Å². The summed E-state index contributed by atoms with van der Waals surface area (Å²) < 4.78 is 21.6. The fraction of sp³-hybridized carbons (Fsp3) is 0.217. The maximum Gasteiger partial charge on any atom is 0.220 e. The summed E-state index contributed by atoms with van der Waals surface area (Å²) in [4.78, 5) is 15.5. The molecule has 21 rings (SSSR count). The first-order chi connectivity index (χ1) is 50.1. The minimum Gasteiger partial charge on any atom is -0.299 e. The van der Waals surface area contributed by atoms with Crippen molar-refractivity contribution in [3.63, 3.8) is 0 Å². The number of fused-ring (bicyclic) bond motifs is 21. The van der Waals surface area contributed by atoms with Crippen molar-refractivity contribution in [1.82, 2.24) is 41.9 Å². The Morgan fingerprint density at radius 2 is 0.644 bits per heavy atom. The molecule has 18 aromatic rings. The van der Waals surface area contributed by atoms with Crippen LogP contribution in [0.25, 0.3) is 151 Å². The minimum atomic E-state index is -0.310. The monoisotopic (exact) mass is 1360 g/mol. The van der Waals surface area contributed by atoms with Gasteiger partial charge in [0.1, 0.15) is 21.1 Å². The molecule has 3 aliphatic rings. The zero-order valence-corrected chi connectivity index (χ0v) is 62.2. The number of imidazole rings is 6. The van der Waals surface area contributed by atoms with E-state index in [0.29, 0.717) is 5.92 Å². The molecule has 9 aromatic carbocycles. The fourth-order valence-corrected chi connectivity index (χ4v) is 19.3. The van der Waals surface area contributed by atoms with Gasteiger partial charge in [-0.25, -0.2) is 28.7 Å². The molecule has 9 aromatic heterocycles. The molecular formula is C92H85N12+3. The summed E-state index contributed by atoms with van der Waals surface area (Å²) in [5.41, 5.74) is 40.7. The highest BCUT2D eigenvalue weighted by atomic mass is 15.3. The second kappa shape index (κ2) is 22.1. The average Bonchev–Trinajstić information content (AvgIpc) is 1.46. The third-order valence-electron chi connectivity index (χ3n) is 23.5. The number of para-hydroxylation sites is 6. The number of aromatic nitrogens is 12. The smallest absolute Gasteiger partial charge is 0.220 e. The van der Waals surface area contributed by atoms with E-state index in [2.05, 4.69) is 371 Å². The maximum absolute atomic E-state index is 5.19. The number of nitrogens with zero attached hydrogens (tertiary/aromatic N) is 12. The molecule has 12 heteroatoms. The fourth-order valence-electron chi connectivity index (χ4n) is 19.3. The van der Waals surface area contributed by atoms with E-state index in [1.165, 1.54) is 150 Å². The van der Waals surface area contributed by atoms with Crippen LogP contribution in [0.5, 0.6) is 0 Å². The van der Waals surface area contributed by atoms with Gasteiger partial charge in [0.15, 0.2) is 18.6 Å². The lowest BCUT2D eigenvalue weighted by molar-refractivity contribution is -0.661. The molecule has 510 valence electrons. The summed E-state index contributed by atoms with van der Waals surface area (Å²) in [5.74, 6) is 3.38. The van der Waals surface area contributed by atoms with Crippen LogP contribution in [-0.4, -0.2) is 41.9 Å². The van der Waals surface area contributed by atoms with E-state index in [4.69, 9.17) is 15.0 Å². The van der Waals surface area contributed by atoms with Crippen molar-refractivity contribution in [1.29, 1.82) is 0 Å². The summed E-state index contributed by atoms with van der Waals surface area (Å²) in [6.07, 6.45) is 6.93. The van der Waals surface area contributed by atoms with Crippen LogP contribution in [0.3, 0.4) is 0 Å². The molecule has 0 spiro atoms. The zero-order valence-electron chi connectivity index (χ0n) is 62.2. The number of rotatable bonds is 4. The van der Waals surface area contributed by atoms with Gasteiger partial charge in [0, 0.05) is 22.3 Å². The van der Waals surface area contributed by atoms with Gasteiger partial charge in [-0.1, -0.05) is 159 Å². The van der Waals surface area contributed by atoms with Crippen LogP contribution in [0.15, 0.2) is 219 Å². The second-order valence-corrected chi connectivity index (χ2v) is 31.3. The van der Waals surface area contributed by atoms with Crippen LogP contribution >= 0.6 is 0 Å². The SMILES string of the molecule is Cc1c[n+](C)c2c(c1-c1ccccc1)C(C)(C)n1c3c-2c(C)ccc3n2c3ccccc3nc12.Cc1ccc2c3c1-c1c(c(C(C)C)c(-c4ccccc4)c[n+]1C)C(C)(C)n3c1nc3ccccc3n21.Cc1ccc2c3c1-c1c(c(C)c(-c4ccccc4)c[n+]1C)C(C)(C)n3c1nc3ccccc3n21. The number of aryl methyl sites for hydroxylation is 7. The number of hydrogen-bond donors (Lipinski definition) is 0. The predicted molar refractivity (Wildman–Crippen MR) is 424 cm³/mol. The first kappa shape index (κ1) is 63.2. The molecule has 0 unspecified atom stereocenters. The van der Waals surface area contributed by atoms with Crippen molar-refractivity contribution in [2.75, 3.05) is 0 Å². The highest BCUT2D eigenvalue weighted by Crippen LogP contribution is 2.54. The van der Waals surface area contributed by atoms with Gasteiger partial charge in [-0.15, -0.1) is 0 Å². The maximum atomic E-state index is 5.19. The lowest BCUT2D eigenvalue weighted by Gasteiger charge is -2.36. The van der Waals surface area contributed by atoms with Crippen LogP contribution in [0.1, 0.15) is 111 Å². The van der Waals surface area contributed by atoms with Crippen LogP contribution in [-0.2, 0) is 37.8 Å². The van der Waals surface area contributed by atoms with Gasteiger partial charge in [-0.3, -0.25) is 26.9 Å². The quantitative estimate of drug-likeness (QED) is 0.165. The Balaban J connectivity index is 0.000000107. The van der Waals surface area contributed by atoms with Crippen molar-refractivity contribution in [2.45, 2.75) is 113 Å². The van der Waals surface area contributed by atoms with Crippen molar-refractivity contribution < 1.29 is 13.7 Å². The Labute approximate surface area is 605 Å². The Morgan fingerprint density at radius 3 is 1.06 bits per heavy atom. The molecule has 0 saturated carbocycles. The van der Waals surface area contributed by atoms with Crippen molar-refractivity contribution in [2.24, 2.45) is 21.1 Å². The Kier molecular flexibility index (Phi) is 13.4. The standard InChI is InChI=1S/C32H31N4.2C30H27N4/c1-19(2)26-22(21-12-8-7-9-13-21)18-34(6)30-27-20(3)16-17-25-29(27)36(32(4,5)28(26)30)31-33-23-14-10-11-15-24(23)35(25)31;1-18-15-16-24-27-25(18)28-26(19(2)21(17-32(28)5)20-11-7-6-8-12-20)30(3,4)34(27)29-31-22-13-9-10-14-23(22)33(24)29;1-18-15-16-23-27-25(18)28-26(24(19(2)17-32(28)5)20-11-7-6-8-12-20)30(3,4)34(27)29-31-21-13-9-10-14-22(21)33(23)29/h7-19H,1-6H3;2*6-17H,1-5H3/q3*+1. The van der Waals surface area contributed by atoms with Gasteiger partial charge in [-0.05, 0) is 181 Å². The van der Waals surface area contributed by atoms with Gasteiger partial charge in [0.2, 0.25) is 34.4 Å². The average molecular weight is 1360 g/mol. The van der Waals surface area contributed by atoms with Gasteiger partial charge in [-0.2, -0.15) is 0 Å². The lowest BCUT2D eigenvalue weighted by atomic mass is 9.76. The minimum absolute atomic E-state index is 0.285.